The maximum Gasteiger partial charge on any atom is 0.0574 e. The Bertz CT molecular complexity index is 560. The first-order valence-corrected chi connectivity index (χ1v) is 7.61. The van der Waals surface area contributed by atoms with Gasteiger partial charge in [0.05, 0.1) is 6.04 Å². The molecule has 0 spiro atoms. The van der Waals surface area contributed by atoms with Crippen LogP contribution in [0.2, 0.25) is 5.02 Å². The minimum atomic E-state index is 0.212. The van der Waals surface area contributed by atoms with Gasteiger partial charge in [-0.05, 0) is 54.3 Å². The van der Waals surface area contributed by atoms with Crippen LogP contribution in [0.3, 0.4) is 0 Å². The third-order valence-electron chi connectivity index (χ3n) is 3.82. The van der Waals surface area contributed by atoms with E-state index in [0.717, 1.165) is 17.9 Å². The lowest BCUT2D eigenvalue weighted by molar-refractivity contribution is 0.690. The van der Waals surface area contributed by atoms with Gasteiger partial charge in [-0.15, -0.1) is 0 Å². The van der Waals surface area contributed by atoms with Gasteiger partial charge in [-0.25, -0.2) is 0 Å². The number of nitrogens with one attached hydrogen (secondary N) is 1. The molecule has 1 nitrogen and oxygen atoms in total. The lowest BCUT2D eigenvalue weighted by Crippen LogP contribution is -2.18. The van der Waals surface area contributed by atoms with Gasteiger partial charge in [0.1, 0.15) is 0 Å². The van der Waals surface area contributed by atoms with Crippen molar-refractivity contribution in [1.82, 2.24) is 5.32 Å². The van der Waals surface area contributed by atoms with Crippen molar-refractivity contribution < 1.29 is 0 Å². The first kappa shape index (κ1) is 15.1. The summed E-state index contributed by atoms with van der Waals surface area (Å²) >= 11 is 5.97. The van der Waals surface area contributed by atoms with Crippen molar-refractivity contribution in [2.24, 2.45) is 0 Å². The number of rotatable bonds is 5. The Morgan fingerprint density at radius 2 is 1.50 bits per heavy atom. The van der Waals surface area contributed by atoms with Crippen molar-refractivity contribution in [3.63, 3.8) is 0 Å². The molecule has 2 aromatic rings. The molecule has 0 aliphatic carbocycles. The molecule has 2 rings (SSSR count). The summed E-state index contributed by atoms with van der Waals surface area (Å²) in [6.45, 7) is 4.43. The number of halogens is 1. The van der Waals surface area contributed by atoms with E-state index >= 15 is 0 Å². The average molecular weight is 288 g/mol. The largest absolute Gasteiger partial charge is 0.309 e. The second-order valence-electron chi connectivity index (χ2n) is 5.01. The summed E-state index contributed by atoms with van der Waals surface area (Å²) in [6, 6.07) is 15.1. The van der Waals surface area contributed by atoms with Gasteiger partial charge in [0.25, 0.3) is 0 Å². The Morgan fingerprint density at radius 3 is 2.05 bits per heavy atom. The quantitative estimate of drug-likeness (QED) is 0.835. The number of hydrogen-bond donors (Lipinski definition) is 1. The number of benzene rings is 2. The zero-order valence-electron chi connectivity index (χ0n) is 12.4. The van der Waals surface area contributed by atoms with E-state index in [0.29, 0.717) is 0 Å². The molecule has 1 atom stereocenters. The molecule has 0 aromatic heterocycles. The Hall–Kier alpha value is -1.31. The molecule has 1 N–H and O–H groups in total. The van der Waals surface area contributed by atoms with Crippen molar-refractivity contribution in [2.45, 2.75) is 32.7 Å². The molecule has 0 fully saturated rings. The molecule has 0 amide bonds. The van der Waals surface area contributed by atoms with E-state index in [1.54, 1.807) is 0 Å². The molecule has 2 aromatic carbocycles. The molecule has 0 aliphatic rings. The highest BCUT2D eigenvalue weighted by molar-refractivity contribution is 6.30. The predicted octanol–water partition coefficient (Wildman–Crippen LogP) is 4.77. The second kappa shape index (κ2) is 6.92. The number of aryl methyl sites for hydroxylation is 2. The number of hydrogen-bond acceptors (Lipinski definition) is 1. The summed E-state index contributed by atoms with van der Waals surface area (Å²) in [6.07, 6.45) is 2.17. The molecule has 0 saturated heterocycles. The molecular weight excluding hydrogens is 266 g/mol. The van der Waals surface area contributed by atoms with Crippen molar-refractivity contribution in [1.29, 1.82) is 0 Å². The zero-order valence-corrected chi connectivity index (χ0v) is 13.2. The van der Waals surface area contributed by atoms with E-state index in [1.807, 2.05) is 19.2 Å². The maximum atomic E-state index is 5.97. The summed E-state index contributed by atoms with van der Waals surface area (Å²) < 4.78 is 0. The van der Waals surface area contributed by atoms with Crippen LogP contribution in [0.4, 0.5) is 0 Å². The van der Waals surface area contributed by atoms with E-state index < -0.39 is 0 Å². The SMILES string of the molecule is CCc1ccc(C(NC)c2ccc(Cl)cc2)cc1CC. The highest BCUT2D eigenvalue weighted by Crippen LogP contribution is 2.25. The zero-order chi connectivity index (χ0) is 14.5. The molecule has 2 heteroatoms. The second-order valence-corrected chi connectivity index (χ2v) is 5.44. The normalized spacial score (nSPS) is 12.4. The van der Waals surface area contributed by atoms with Crippen LogP contribution in [-0.2, 0) is 12.8 Å². The van der Waals surface area contributed by atoms with Crippen molar-refractivity contribution in [3.05, 3.63) is 69.7 Å². The maximum absolute atomic E-state index is 5.97. The van der Waals surface area contributed by atoms with Crippen LogP contribution in [0.5, 0.6) is 0 Å². The van der Waals surface area contributed by atoms with Crippen LogP contribution >= 0.6 is 11.6 Å². The average Bonchev–Trinajstić information content (AvgIpc) is 2.49. The molecule has 0 heterocycles. The van der Waals surface area contributed by atoms with E-state index in [1.165, 1.54) is 22.3 Å². The van der Waals surface area contributed by atoms with Gasteiger partial charge in [-0.1, -0.05) is 55.8 Å². The molecule has 106 valence electrons. The Balaban J connectivity index is 2.39. The highest BCUT2D eigenvalue weighted by Gasteiger charge is 2.13. The van der Waals surface area contributed by atoms with E-state index in [4.69, 9.17) is 11.6 Å². The topological polar surface area (TPSA) is 12.0 Å². The smallest absolute Gasteiger partial charge is 0.0574 e. The molecule has 20 heavy (non-hydrogen) atoms. The summed E-state index contributed by atoms with van der Waals surface area (Å²) in [5, 5.41) is 4.18. The monoisotopic (exact) mass is 287 g/mol. The van der Waals surface area contributed by atoms with E-state index in [9.17, 15) is 0 Å². The van der Waals surface area contributed by atoms with Crippen LogP contribution in [0.1, 0.15) is 42.1 Å². The first-order valence-electron chi connectivity index (χ1n) is 7.24. The molecule has 0 saturated carbocycles. The summed E-state index contributed by atoms with van der Waals surface area (Å²) in [5.41, 5.74) is 5.44. The van der Waals surface area contributed by atoms with Gasteiger partial charge in [-0.2, -0.15) is 0 Å². The third kappa shape index (κ3) is 3.23. The predicted molar refractivity (Wildman–Crippen MR) is 87.6 cm³/mol. The van der Waals surface area contributed by atoms with Gasteiger partial charge in [-0.3, -0.25) is 0 Å². The minimum Gasteiger partial charge on any atom is -0.309 e. The fourth-order valence-corrected chi connectivity index (χ4v) is 2.81. The van der Waals surface area contributed by atoms with Gasteiger partial charge in [0, 0.05) is 5.02 Å². The van der Waals surface area contributed by atoms with Gasteiger partial charge in [0.15, 0.2) is 0 Å². The molecule has 1 unspecified atom stereocenters. The van der Waals surface area contributed by atoms with Crippen molar-refractivity contribution in [2.75, 3.05) is 7.05 Å². The molecule has 0 bridgehead atoms. The lowest BCUT2D eigenvalue weighted by atomic mass is 9.93. The molecule has 0 radical (unpaired) electrons. The lowest BCUT2D eigenvalue weighted by Gasteiger charge is -2.19. The first-order chi connectivity index (χ1) is 9.69. The minimum absolute atomic E-state index is 0.212. The van der Waals surface area contributed by atoms with Crippen LogP contribution in [0.15, 0.2) is 42.5 Å². The van der Waals surface area contributed by atoms with Gasteiger partial charge < -0.3 is 5.32 Å². The molecule has 0 aliphatic heterocycles. The fraction of sp³-hybridized carbons (Fsp3) is 0.333. The van der Waals surface area contributed by atoms with Gasteiger partial charge >= 0.3 is 0 Å². The Kier molecular flexibility index (Phi) is 5.22. The third-order valence-corrected chi connectivity index (χ3v) is 4.07. The van der Waals surface area contributed by atoms with Gasteiger partial charge in [0.2, 0.25) is 0 Å². The van der Waals surface area contributed by atoms with Crippen molar-refractivity contribution in [3.8, 4) is 0 Å². The standard InChI is InChI=1S/C18H22ClN/c1-4-13-6-7-16(12-14(13)5-2)18(20-3)15-8-10-17(19)11-9-15/h6-12,18,20H,4-5H2,1-3H3. The Labute approximate surface area is 127 Å². The molecular formula is C18H22ClN. The van der Waals surface area contributed by atoms with Crippen LogP contribution in [-0.4, -0.2) is 7.05 Å². The summed E-state index contributed by atoms with van der Waals surface area (Å²) in [7, 11) is 2.00. The van der Waals surface area contributed by atoms with Crippen LogP contribution in [0.25, 0.3) is 0 Å². The summed E-state index contributed by atoms with van der Waals surface area (Å²) in [5.74, 6) is 0. The highest BCUT2D eigenvalue weighted by atomic mass is 35.5. The van der Waals surface area contributed by atoms with Crippen LogP contribution in [0, 0.1) is 0 Å². The van der Waals surface area contributed by atoms with Crippen molar-refractivity contribution >= 4 is 11.6 Å². The Morgan fingerprint density at radius 1 is 0.900 bits per heavy atom. The fourth-order valence-electron chi connectivity index (χ4n) is 2.68. The van der Waals surface area contributed by atoms with Crippen LogP contribution < -0.4 is 5.32 Å². The van der Waals surface area contributed by atoms with E-state index in [2.05, 4.69) is 49.5 Å². The summed E-state index contributed by atoms with van der Waals surface area (Å²) in [4.78, 5) is 0. The van der Waals surface area contributed by atoms with E-state index in [-0.39, 0.29) is 6.04 Å².